The molecule has 4 nitrogen and oxygen atoms in total. The fourth-order valence-corrected chi connectivity index (χ4v) is 3.22. The van der Waals surface area contributed by atoms with Crippen LogP contribution in [0.15, 0.2) is 4.99 Å². The molecule has 1 heterocycles. The fraction of sp³-hybridized carbons (Fsp3) is 0.933. The third-order valence-electron chi connectivity index (χ3n) is 4.35. The molecule has 3 unspecified atom stereocenters. The highest BCUT2D eigenvalue weighted by atomic mass is 127. The molecule has 1 aliphatic carbocycles. The number of hydrogen-bond acceptors (Lipinski definition) is 2. The summed E-state index contributed by atoms with van der Waals surface area (Å²) in [5.41, 5.74) is 0. The Morgan fingerprint density at radius 3 is 2.60 bits per heavy atom. The normalized spacial score (nSPS) is 30.7. The Balaban J connectivity index is 0.00000200. The summed E-state index contributed by atoms with van der Waals surface area (Å²) in [4.78, 5) is 4.29. The van der Waals surface area contributed by atoms with Gasteiger partial charge < -0.3 is 15.4 Å². The first kappa shape index (κ1) is 18.0. The van der Waals surface area contributed by atoms with Crippen LogP contribution in [-0.2, 0) is 4.74 Å². The van der Waals surface area contributed by atoms with Gasteiger partial charge in [-0.05, 0) is 37.5 Å². The number of nitrogens with one attached hydrogen (secondary N) is 2. The lowest BCUT2D eigenvalue weighted by molar-refractivity contribution is 0.113. The molecule has 0 amide bonds. The molecule has 2 fully saturated rings. The van der Waals surface area contributed by atoms with Crippen LogP contribution in [0.4, 0.5) is 0 Å². The minimum Gasteiger partial charge on any atom is -0.376 e. The van der Waals surface area contributed by atoms with Crippen molar-refractivity contribution in [2.45, 2.75) is 51.6 Å². The Bertz CT molecular complexity index is 293. The second kappa shape index (κ2) is 9.82. The van der Waals surface area contributed by atoms with Crippen LogP contribution in [-0.4, -0.2) is 38.8 Å². The van der Waals surface area contributed by atoms with Gasteiger partial charge in [-0.15, -0.1) is 24.0 Å². The van der Waals surface area contributed by atoms with E-state index in [1.807, 2.05) is 7.05 Å². The second-order valence-electron chi connectivity index (χ2n) is 6.11. The SMILES string of the molecule is CN=C(NCC1CCCC(C)C1)NCC1CCCO1.I. The third-order valence-corrected chi connectivity index (χ3v) is 4.35. The lowest BCUT2D eigenvalue weighted by atomic mass is 9.82. The molecule has 2 rings (SSSR count). The highest BCUT2D eigenvalue weighted by Gasteiger charge is 2.19. The maximum absolute atomic E-state index is 5.61. The van der Waals surface area contributed by atoms with E-state index in [4.69, 9.17) is 4.74 Å². The van der Waals surface area contributed by atoms with Gasteiger partial charge in [0.1, 0.15) is 0 Å². The van der Waals surface area contributed by atoms with E-state index in [1.54, 1.807) is 0 Å². The first-order valence-corrected chi connectivity index (χ1v) is 7.84. The van der Waals surface area contributed by atoms with Gasteiger partial charge in [-0.1, -0.05) is 19.8 Å². The molecule has 0 aromatic heterocycles. The Morgan fingerprint density at radius 1 is 1.15 bits per heavy atom. The molecule has 0 radical (unpaired) electrons. The zero-order valence-electron chi connectivity index (χ0n) is 12.9. The lowest BCUT2D eigenvalue weighted by Crippen LogP contribution is -2.43. The van der Waals surface area contributed by atoms with Crippen LogP contribution in [0, 0.1) is 11.8 Å². The molecule has 1 saturated carbocycles. The summed E-state index contributed by atoms with van der Waals surface area (Å²) in [5, 5.41) is 6.84. The topological polar surface area (TPSA) is 45.7 Å². The Morgan fingerprint density at radius 2 is 1.95 bits per heavy atom. The van der Waals surface area contributed by atoms with Crippen molar-refractivity contribution >= 4 is 29.9 Å². The van der Waals surface area contributed by atoms with Gasteiger partial charge in [0.25, 0.3) is 0 Å². The Labute approximate surface area is 140 Å². The molecule has 20 heavy (non-hydrogen) atoms. The van der Waals surface area contributed by atoms with Crippen molar-refractivity contribution in [1.29, 1.82) is 0 Å². The van der Waals surface area contributed by atoms with Crippen molar-refractivity contribution in [3.8, 4) is 0 Å². The molecule has 0 bridgehead atoms. The summed E-state index contributed by atoms with van der Waals surface area (Å²) in [6, 6.07) is 0. The van der Waals surface area contributed by atoms with Crippen LogP contribution in [0.5, 0.6) is 0 Å². The monoisotopic (exact) mass is 395 g/mol. The molecule has 2 aliphatic rings. The fourth-order valence-electron chi connectivity index (χ4n) is 3.22. The minimum absolute atomic E-state index is 0. The summed E-state index contributed by atoms with van der Waals surface area (Å²) in [5.74, 6) is 2.63. The van der Waals surface area contributed by atoms with Gasteiger partial charge in [-0.3, -0.25) is 4.99 Å². The van der Waals surface area contributed by atoms with Crippen molar-refractivity contribution < 1.29 is 4.74 Å². The number of guanidine groups is 1. The molecule has 1 saturated heterocycles. The molecular weight excluding hydrogens is 365 g/mol. The van der Waals surface area contributed by atoms with Gasteiger partial charge in [0, 0.05) is 26.7 Å². The molecule has 2 N–H and O–H groups in total. The maximum Gasteiger partial charge on any atom is 0.191 e. The van der Waals surface area contributed by atoms with Crippen LogP contribution >= 0.6 is 24.0 Å². The highest BCUT2D eigenvalue weighted by Crippen LogP contribution is 2.27. The van der Waals surface area contributed by atoms with Gasteiger partial charge in [-0.25, -0.2) is 0 Å². The molecule has 118 valence electrons. The molecule has 0 aromatic rings. The number of nitrogens with zero attached hydrogens (tertiary/aromatic N) is 1. The lowest BCUT2D eigenvalue weighted by Gasteiger charge is -2.27. The van der Waals surface area contributed by atoms with Crippen LogP contribution < -0.4 is 10.6 Å². The van der Waals surface area contributed by atoms with E-state index >= 15 is 0 Å². The molecule has 5 heteroatoms. The number of halogens is 1. The summed E-state index contributed by atoms with van der Waals surface area (Å²) < 4.78 is 5.61. The standard InChI is InChI=1S/C15H29N3O.HI/c1-12-5-3-6-13(9-12)10-17-15(16-2)18-11-14-7-4-8-19-14;/h12-14H,3-11H2,1-2H3,(H2,16,17,18);1H. The first-order valence-electron chi connectivity index (χ1n) is 7.84. The van der Waals surface area contributed by atoms with Crippen LogP contribution in [0.1, 0.15) is 45.4 Å². The van der Waals surface area contributed by atoms with Crippen LogP contribution in [0.25, 0.3) is 0 Å². The minimum atomic E-state index is 0. The van der Waals surface area contributed by atoms with E-state index in [2.05, 4.69) is 22.5 Å². The van der Waals surface area contributed by atoms with Gasteiger partial charge in [-0.2, -0.15) is 0 Å². The van der Waals surface area contributed by atoms with E-state index < -0.39 is 0 Å². The quantitative estimate of drug-likeness (QED) is 0.437. The van der Waals surface area contributed by atoms with E-state index in [9.17, 15) is 0 Å². The third kappa shape index (κ3) is 6.16. The van der Waals surface area contributed by atoms with E-state index in [0.29, 0.717) is 6.10 Å². The second-order valence-corrected chi connectivity index (χ2v) is 6.11. The summed E-state index contributed by atoms with van der Waals surface area (Å²) in [6.45, 7) is 5.21. The molecule has 0 spiro atoms. The zero-order valence-corrected chi connectivity index (χ0v) is 15.2. The molecule has 1 aliphatic heterocycles. The van der Waals surface area contributed by atoms with Crippen LogP contribution in [0.3, 0.4) is 0 Å². The maximum atomic E-state index is 5.61. The van der Waals surface area contributed by atoms with E-state index in [0.717, 1.165) is 37.5 Å². The summed E-state index contributed by atoms with van der Waals surface area (Å²) in [6.07, 6.45) is 8.24. The predicted molar refractivity (Wildman–Crippen MR) is 94.9 cm³/mol. The van der Waals surface area contributed by atoms with Crippen molar-refractivity contribution in [2.75, 3.05) is 26.7 Å². The van der Waals surface area contributed by atoms with Crippen molar-refractivity contribution in [3.05, 3.63) is 0 Å². The smallest absolute Gasteiger partial charge is 0.191 e. The van der Waals surface area contributed by atoms with Gasteiger partial charge in [0.15, 0.2) is 5.96 Å². The molecule has 0 aromatic carbocycles. The molecular formula is C15H30IN3O. The van der Waals surface area contributed by atoms with Gasteiger partial charge >= 0.3 is 0 Å². The number of aliphatic imine (C=N–C) groups is 1. The number of rotatable bonds is 4. The van der Waals surface area contributed by atoms with E-state index in [-0.39, 0.29) is 24.0 Å². The number of hydrogen-bond donors (Lipinski definition) is 2. The summed E-state index contributed by atoms with van der Waals surface area (Å²) >= 11 is 0. The molecule has 3 atom stereocenters. The Kier molecular flexibility index (Phi) is 8.84. The highest BCUT2D eigenvalue weighted by molar-refractivity contribution is 14.0. The first-order chi connectivity index (χ1) is 9.28. The largest absolute Gasteiger partial charge is 0.376 e. The van der Waals surface area contributed by atoms with Crippen molar-refractivity contribution in [3.63, 3.8) is 0 Å². The number of ether oxygens (including phenoxy) is 1. The Hall–Kier alpha value is -0.0400. The van der Waals surface area contributed by atoms with Gasteiger partial charge in [0.2, 0.25) is 0 Å². The zero-order chi connectivity index (χ0) is 13.5. The van der Waals surface area contributed by atoms with E-state index in [1.165, 1.54) is 38.5 Å². The average molecular weight is 395 g/mol. The average Bonchev–Trinajstić information content (AvgIpc) is 2.92. The van der Waals surface area contributed by atoms with Crippen LogP contribution in [0.2, 0.25) is 0 Å². The predicted octanol–water partition coefficient (Wildman–Crippen LogP) is 2.77. The van der Waals surface area contributed by atoms with Gasteiger partial charge in [0.05, 0.1) is 6.10 Å². The summed E-state index contributed by atoms with van der Waals surface area (Å²) in [7, 11) is 1.84. The van der Waals surface area contributed by atoms with Crippen molar-refractivity contribution in [2.24, 2.45) is 16.8 Å². The van der Waals surface area contributed by atoms with Crippen molar-refractivity contribution in [1.82, 2.24) is 10.6 Å².